The number of carbonyl (C=O) groups is 1. The van der Waals surface area contributed by atoms with Gasteiger partial charge in [0.1, 0.15) is 18.0 Å². The average molecular weight is 411 g/mol. The van der Waals surface area contributed by atoms with E-state index in [1.165, 1.54) is 29.5 Å². The van der Waals surface area contributed by atoms with Crippen LogP contribution in [0.5, 0.6) is 5.75 Å². The van der Waals surface area contributed by atoms with Crippen molar-refractivity contribution in [2.45, 2.75) is 65.1 Å². The molecule has 1 aliphatic carbocycles. The highest BCUT2D eigenvalue weighted by Gasteiger charge is 2.20. The van der Waals surface area contributed by atoms with E-state index >= 15 is 0 Å². The van der Waals surface area contributed by atoms with Gasteiger partial charge in [0.05, 0.1) is 6.54 Å². The molecule has 0 unspecified atom stereocenters. The van der Waals surface area contributed by atoms with Crippen molar-refractivity contribution in [2.75, 3.05) is 13.2 Å². The maximum Gasteiger partial charge on any atom is 0.407 e. The van der Waals surface area contributed by atoms with Crippen LogP contribution < -0.4 is 15.4 Å². The Kier molecular flexibility index (Phi) is 7.38. The van der Waals surface area contributed by atoms with E-state index in [0.717, 1.165) is 24.3 Å². The molecule has 162 valence electrons. The number of aryl methyl sites for hydroxylation is 1. The van der Waals surface area contributed by atoms with Gasteiger partial charge in [0.15, 0.2) is 0 Å². The van der Waals surface area contributed by atoms with Crippen LogP contribution in [0.3, 0.4) is 0 Å². The number of amides is 1. The number of hydrogen-bond donors (Lipinski definition) is 2. The molecule has 0 atom stereocenters. The Morgan fingerprint density at radius 1 is 1.07 bits per heavy atom. The number of nitrogens with one attached hydrogen (secondary N) is 2. The predicted octanol–water partition coefficient (Wildman–Crippen LogP) is 5.07. The van der Waals surface area contributed by atoms with Crippen molar-refractivity contribution >= 4 is 6.09 Å². The molecule has 0 spiro atoms. The summed E-state index contributed by atoms with van der Waals surface area (Å²) in [6, 6.07) is 15.7. The molecule has 0 saturated heterocycles. The van der Waals surface area contributed by atoms with Crippen LogP contribution >= 0.6 is 0 Å². The van der Waals surface area contributed by atoms with Crippen LogP contribution in [0.15, 0.2) is 42.5 Å². The summed E-state index contributed by atoms with van der Waals surface area (Å²) >= 11 is 0. The molecular formula is C25H34N2O3. The smallest absolute Gasteiger partial charge is 0.407 e. The molecule has 1 fully saturated rings. The van der Waals surface area contributed by atoms with E-state index in [0.29, 0.717) is 19.2 Å². The van der Waals surface area contributed by atoms with Crippen LogP contribution in [-0.2, 0) is 17.7 Å². The maximum absolute atomic E-state index is 11.8. The summed E-state index contributed by atoms with van der Waals surface area (Å²) < 4.78 is 11.2. The highest BCUT2D eigenvalue weighted by Crippen LogP contribution is 2.28. The fraction of sp³-hybridized carbons (Fsp3) is 0.480. The Labute approximate surface area is 180 Å². The van der Waals surface area contributed by atoms with Gasteiger partial charge in [0, 0.05) is 12.6 Å². The van der Waals surface area contributed by atoms with Gasteiger partial charge in [-0.3, -0.25) is 0 Å². The second kappa shape index (κ2) is 9.98. The van der Waals surface area contributed by atoms with E-state index in [-0.39, 0.29) is 0 Å². The lowest BCUT2D eigenvalue weighted by Crippen LogP contribution is -2.34. The van der Waals surface area contributed by atoms with Crippen LogP contribution in [0.2, 0.25) is 0 Å². The first-order valence-corrected chi connectivity index (χ1v) is 10.9. The summed E-state index contributed by atoms with van der Waals surface area (Å²) in [4.78, 5) is 11.8. The first kappa shape index (κ1) is 22.2. The SMILES string of the molecule is CCc1cccc(-c2cc(CNC3CC3)cc(OCCNC(=O)OC(C)(C)C)c2)c1. The molecule has 2 aromatic rings. The van der Waals surface area contributed by atoms with E-state index in [2.05, 4.69) is 60.0 Å². The zero-order valence-corrected chi connectivity index (χ0v) is 18.6. The number of alkyl carbamates (subject to hydrolysis) is 1. The topological polar surface area (TPSA) is 59.6 Å². The molecule has 0 aliphatic heterocycles. The molecule has 5 heteroatoms. The number of carbonyl (C=O) groups excluding carboxylic acids is 1. The van der Waals surface area contributed by atoms with Gasteiger partial charge < -0.3 is 20.1 Å². The lowest BCUT2D eigenvalue weighted by Gasteiger charge is -2.19. The highest BCUT2D eigenvalue weighted by molar-refractivity contribution is 5.68. The van der Waals surface area contributed by atoms with E-state index in [4.69, 9.17) is 9.47 Å². The fourth-order valence-electron chi connectivity index (χ4n) is 3.17. The molecule has 2 N–H and O–H groups in total. The summed E-state index contributed by atoms with van der Waals surface area (Å²) in [6.07, 6.45) is 3.11. The van der Waals surface area contributed by atoms with Crippen LogP contribution in [0.1, 0.15) is 51.7 Å². The van der Waals surface area contributed by atoms with Gasteiger partial charge in [0.2, 0.25) is 0 Å². The van der Waals surface area contributed by atoms with Crippen molar-refractivity contribution in [3.05, 3.63) is 53.6 Å². The summed E-state index contributed by atoms with van der Waals surface area (Å²) in [5.41, 5.74) is 4.36. The zero-order valence-electron chi connectivity index (χ0n) is 18.6. The van der Waals surface area contributed by atoms with Crippen LogP contribution in [0.4, 0.5) is 4.79 Å². The lowest BCUT2D eigenvalue weighted by atomic mass is 10.00. The molecular weight excluding hydrogens is 376 g/mol. The van der Waals surface area contributed by atoms with Crippen LogP contribution in [0, 0.1) is 0 Å². The van der Waals surface area contributed by atoms with E-state index in [1.54, 1.807) is 0 Å². The van der Waals surface area contributed by atoms with Crippen molar-refractivity contribution < 1.29 is 14.3 Å². The van der Waals surface area contributed by atoms with Gasteiger partial charge >= 0.3 is 6.09 Å². The number of rotatable bonds is 9. The molecule has 3 rings (SSSR count). The minimum atomic E-state index is -0.504. The van der Waals surface area contributed by atoms with Gasteiger partial charge in [-0.2, -0.15) is 0 Å². The first-order chi connectivity index (χ1) is 14.3. The monoisotopic (exact) mass is 410 g/mol. The average Bonchev–Trinajstić information content (AvgIpc) is 3.53. The van der Waals surface area contributed by atoms with Gasteiger partial charge in [-0.1, -0.05) is 31.2 Å². The number of benzene rings is 2. The van der Waals surface area contributed by atoms with Crippen molar-refractivity contribution in [1.29, 1.82) is 0 Å². The van der Waals surface area contributed by atoms with Gasteiger partial charge in [-0.25, -0.2) is 4.79 Å². The lowest BCUT2D eigenvalue weighted by molar-refractivity contribution is 0.0520. The third-order valence-corrected chi connectivity index (χ3v) is 4.85. The summed E-state index contributed by atoms with van der Waals surface area (Å²) in [5, 5.41) is 6.31. The van der Waals surface area contributed by atoms with Crippen LogP contribution in [-0.4, -0.2) is 30.9 Å². The first-order valence-electron chi connectivity index (χ1n) is 10.9. The van der Waals surface area contributed by atoms with Crippen molar-refractivity contribution in [1.82, 2.24) is 10.6 Å². The molecule has 30 heavy (non-hydrogen) atoms. The Morgan fingerprint density at radius 2 is 1.83 bits per heavy atom. The third kappa shape index (κ3) is 7.38. The Balaban J connectivity index is 1.66. The van der Waals surface area contributed by atoms with E-state index < -0.39 is 11.7 Å². The molecule has 1 aliphatic rings. The van der Waals surface area contributed by atoms with Crippen LogP contribution in [0.25, 0.3) is 11.1 Å². The van der Waals surface area contributed by atoms with Gasteiger partial charge in [-0.05, 0) is 80.5 Å². The molecule has 0 aromatic heterocycles. The zero-order chi connectivity index (χ0) is 21.6. The standard InChI is InChI=1S/C25H34N2O3/c1-5-18-7-6-8-20(13-18)21-14-19(17-27-22-9-10-22)15-23(16-21)29-12-11-26-24(28)30-25(2,3)4/h6-8,13-16,22,27H,5,9-12,17H2,1-4H3,(H,26,28). The number of ether oxygens (including phenoxy) is 2. The quantitative estimate of drug-likeness (QED) is 0.567. The molecule has 0 heterocycles. The summed E-state index contributed by atoms with van der Waals surface area (Å²) in [5.74, 6) is 0.813. The van der Waals surface area contributed by atoms with Crippen molar-refractivity contribution in [2.24, 2.45) is 0 Å². The largest absolute Gasteiger partial charge is 0.492 e. The highest BCUT2D eigenvalue weighted by atomic mass is 16.6. The molecule has 5 nitrogen and oxygen atoms in total. The van der Waals surface area contributed by atoms with E-state index in [9.17, 15) is 4.79 Å². The maximum atomic E-state index is 11.8. The number of hydrogen-bond acceptors (Lipinski definition) is 4. The molecule has 0 bridgehead atoms. The van der Waals surface area contributed by atoms with E-state index in [1.807, 2.05) is 20.8 Å². The fourth-order valence-corrected chi connectivity index (χ4v) is 3.17. The summed E-state index contributed by atoms with van der Waals surface area (Å²) in [6.45, 7) is 9.31. The van der Waals surface area contributed by atoms with Crippen molar-refractivity contribution in [3.63, 3.8) is 0 Å². The second-order valence-electron chi connectivity index (χ2n) is 8.85. The Morgan fingerprint density at radius 3 is 2.53 bits per heavy atom. The Bertz CT molecular complexity index is 854. The minimum Gasteiger partial charge on any atom is -0.492 e. The predicted molar refractivity (Wildman–Crippen MR) is 121 cm³/mol. The van der Waals surface area contributed by atoms with Crippen molar-refractivity contribution in [3.8, 4) is 16.9 Å². The minimum absolute atomic E-state index is 0.382. The van der Waals surface area contributed by atoms with Gasteiger partial charge in [-0.15, -0.1) is 0 Å². The molecule has 2 aromatic carbocycles. The second-order valence-corrected chi connectivity index (χ2v) is 8.85. The normalized spacial score (nSPS) is 13.7. The summed E-state index contributed by atoms with van der Waals surface area (Å²) in [7, 11) is 0. The Hall–Kier alpha value is -2.53. The third-order valence-electron chi connectivity index (χ3n) is 4.85. The molecule has 1 saturated carbocycles. The molecule has 0 radical (unpaired) electrons. The van der Waals surface area contributed by atoms with Gasteiger partial charge in [0.25, 0.3) is 0 Å². The molecule has 1 amide bonds.